The molecule has 0 saturated carbocycles. The molecule has 1 aromatic carbocycles. The Morgan fingerprint density at radius 3 is 1.87 bits per heavy atom. The number of carbonyl (C=O) groups excluding carboxylic acids is 2. The average molecular weight is 437 g/mol. The highest BCUT2D eigenvalue weighted by Crippen LogP contribution is 2.27. The van der Waals surface area contributed by atoms with E-state index in [-0.39, 0.29) is 45.1 Å². The summed E-state index contributed by atoms with van der Waals surface area (Å²) in [5, 5.41) is 20.9. The minimum Gasteiger partial charge on any atom is -0.481 e. The molecule has 3 N–H and O–H groups in total. The van der Waals surface area contributed by atoms with Crippen molar-refractivity contribution in [2.45, 2.75) is 77.0 Å². The topological polar surface area (TPSA) is 139 Å². The number of carboxylic acid groups (broad SMARTS) is 2. The van der Waals surface area contributed by atoms with Gasteiger partial charge in [-0.25, -0.2) is 4.79 Å². The molecule has 9 nitrogen and oxygen atoms in total. The Morgan fingerprint density at radius 1 is 0.871 bits per heavy atom. The molecule has 0 bridgehead atoms. The Hall–Kier alpha value is -3.10. The second-order valence-electron chi connectivity index (χ2n) is 8.34. The van der Waals surface area contributed by atoms with Crippen molar-refractivity contribution in [3.63, 3.8) is 0 Å². The van der Waals surface area contributed by atoms with E-state index in [1.54, 1.807) is 45.0 Å². The first-order valence-electron chi connectivity index (χ1n) is 10.1. The van der Waals surface area contributed by atoms with Gasteiger partial charge in [-0.15, -0.1) is 0 Å². The van der Waals surface area contributed by atoms with E-state index in [0.717, 1.165) is 5.56 Å². The van der Waals surface area contributed by atoms with E-state index in [1.165, 1.54) is 0 Å². The molecular formula is C22H31NO8. The van der Waals surface area contributed by atoms with Crippen LogP contribution in [0.3, 0.4) is 0 Å². The number of carboxylic acids is 2. The third-order valence-corrected chi connectivity index (χ3v) is 4.44. The second-order valence-corrected chi connectivity index (χ2v) is 8.34. The van der Waals surface area contributed by atoms with E-state index < -0.39 is 35.1 Å². The highest BCUT2D eigenvalue weighted by atomic mass is 16.6. The number of alkyl carbamates (subject to hydrolysis) is 1. The molecule has 0 saturated heterocycles. The van der Waals surface area contributed by atoms with Crippen molar-refractivity contribution >= 4 is 24.0 Å². The van der Waals surface area contributed by atoms with Crippen LogP contribution in [-0.4, -0.2) is 45.4 Å². The molecule has 9 heteroatoms. The van der Waals surface area contributed by atoms with E-state index in [4.69, 9.17) is 19.7 Å². The first kappa shape index (κ1) is 25.9. The Labute approximate surface area is 181 Å². The first-order valence-corrected chi connectivity index (χ1v) is 10.1. The normalized spacial score (nSPS) is 11.5. The lowest BCUT2D eigenvalue weighted by Gasteiger charge is -2.34. The molecule has 0 aliphatic rings. The molecular weight excluding hydrogens is 406 g/mol. The molecule has 0 radical (unpaired) electrons. The Kier molecular flexibility index (Phi) is 9.98. The van der Waals surface area contributed by atoms with Gasteiger partial charge in [-0.05, 0) is 45.6 Å². The summed E-state index contributed by atoms with van der Waals surface area (Å²) < 4.78 is 10.5. The first-order chi connectivity index (χ1) is 14.4. The summed E-state index contributed by atoms with van der Waals surface area (Å²) in [7, 11) is 0. The van der Waals surface area contributed by atoms with Crippen molar-refractivity contribution in [1.29, 1.82) is 0 Å². The smallest absolute Gasteiger partial charge is 0.407 e. The largest absolute Gasteiger partial charge is 0.481 e. The fraction of sp³-hybridized carbons (Fsp3) is 0.545. The van der Waals surface area contributed by atoms with Crippen LogP contribution in [0.15, 0.2) is 30.3 Å². The maximum absolute atomic E-state index is 12.5. The van der Waals surface area contributed by atoms with Gasteiger partial charge in [0.1, 0.15) is 12.2 Å². The molecule has 0 heterocycles. The maximum Gasteiger partial charge on any atom is 0.407 e. The molecule has 31 heavy (non-hydrogen) atoms. The van der Waals surface area contributed by atoms with Gasteiger partial charge >= 0.3 is 24.0 Å². The zero-order valence-corrected chi connectivity index (χ0v) is 18.2. The van der Waals surface area contributed by atoms with Crippen LogP contribution in [0.1, 0.15) is 64.9 Å². The van der Waals surface area contributed by atoms with Gasteiger partial charge in [-0.1, -0.05) is 30.3 Å². The van der Waals surface area contributed by atoms with Gasteiger partial charge in [0.25, 0.3) is 0 Å². The molecule has 0 aromatic heterocycles. The fourth-order valence-corrected chi connectivity index (χ4v) is 2.96. The van der Waals surface area contributed by atoms with E-state index >= 15 is 0 Å². The van der Waals surface area contributed by atoms with E-state index in [1.807, 2.05) is 6.07 Å². The van der Waals surface area contributed by atoms with Crippen molar-refractivity contribution in [3.05, 3.63) is 35.9 Å². The predicted molar refractivity (Wildman–Crippen MR) is 111 cm³/mol. The number of hydrogen-bond donors (Lipinski definition) is 3. The van der Waals surface area contributed by atoms with Crippen LogP contribution in [0.4, 0.5) is 4.79 Å². The van der Waals surface area contributed by atoms with Crippen molar-refractivity contribution in [3.8, 4) is 0 Å². The number of benzene rings is 1. The highest BCUT2D eigenvalue weighted by Gasteiger charge is 2.35. The molecule has 0 spiro atoms. The minimum absolute atomic E-state index is 0.00726. The molecule has 0 aliphatic carbocycles. The molecule has 1 rings (SSSR count). The summed E-state index contributed by atoms with van der Waals surface area (Å²) in [6, 6.07) is 8.96. The number of ether oxygens (including phenoxy) is 2. The van der Waals surface area contributed by atoms with E-state index in [9.17, 15) is 19.2 Å². The summed E-state index contributed by atoms with van der Waals surface area (Å²) in [6.07, 6.45) is -1.65. The van der Waals surface area contributed by atoms with Gasteiger partial charge in [0.05, 0.1) is 0 Å². The number of esters is 1. The Bertz CT molecular complexity index is 737. The third kappa shape index (κ3) is 11.6. The number of amides is 1. The lowest BCUT2D eigenvalue weighted by atomic mass is 9.83. The van der Waals surface area contributed by atoms with Crippen molar-refractivity contribution in [1.82, 2.24) is 5.32 Å². The number of carbonyl (C=O) groups is 4. The zero-order chi connectivity index (χ0) is 23.5. The Balaban J connectivity index is 2.93. The number of aliphatic carboxylic acids is 2. The second kappa shape index (κ2) is 11.9. The summed E-state index contributed by atoms with van der Waals surface area (Å²) in [5.41, 5.74) is -1.20. The van der Waals surface area contributed by atoms with Gasteiger partial charge in [-0.2, -0.15) is 0 Å². The highest BCUT2D eigenvalue weighted by molar-refractivity contribution is 5.72. The summed E-state index contributed by atoms with van der Waals surface area (Å²) in [4.78, 5) is 46.9. The fourth-order valence-electron chi connectivity index (χ4n) is 2.96. The van der Waals surface area contributed by atoms with Crippen LogP contribution in [-0.2, 0) is 30.5 Å². The molecule has 0 fully saturated rings. The summed E-state index contributed by atoms with van der Waals surface area (Å²) in [5.74, 6) is -2.73. The lowest BCUT2D eigenvalue weighted by Crippen LogP contribution is -2.49. The van der Waals surface area contributed by atoms with E-state index in [2.05, 4.69) is 5.32 Å². The van der Waals surface area contributed by atoms with Crippen molar-refractivity contribution in [2.24, 2.45) is 0 Å². The number of hydrogen-bond acceptors (Lipinski definition) is 6. The van der Waals surface area contributed by atoms with Gasteiger partial charge in [-0.3, -0.25) is 14.4 Å². The maximum atomic E-state index is 12.5. The van der Waals surface area contributed by atoms with Crippen LogP contribution in [0.25, 0.3) is 0 Å². The van der Waals surface area contributed by atoms with Crippen LogP contribution in [0.2, 0.25) is 0 Å². The standard InChI is InChI=1S/C22H31NO8/c1-21(2,3)31-19(28)11-14-22(12-9-17(24)25,13-10-18(26)27)23-20(29)30-15-16-7-5-4-6-8-16/h4-8H,9-15H2,1-3H3,(H,23,29)(H,24,25)(H,26,27). The number of rotatable bonds is 12. The predicted octanol–water partition coefficient (Wildman–Crippen LogP) is 3.50. The molecule has 0 unspecified atom stereocenters. The van der Waals surface area contributed by atoms with Crippen LogP contribution in [0, 0.1) is 0 Å². The SMILES string of the molecule is CC(C)(C)OC(=O)CCC(CCC(=O)O)(CCC(=O)O)NC(=O)OCc1ccccc1. The quantitative estimate of drug-likeness (QED) is 0.422. The van der Waals surface area contributed by atoms with E-state index in [0.29, 0.717) is 0 Å². The van der Waals surface area contributed by atoms with Crippen molar-refractivity contribution < 1.29 is 38.9 Å². The van der Waals surface area contributed by atoms with Crippen LogP contribution >= 0.6 is 0 Å². The lowest BCUT2D eigenvalue weighted by molar-refractivity contribution is -0.155. The summed E-state index contributed by atoms with van der Waals surface area (Å²) >= 11 is 0. The number of nitrogens with one attached hydrogen (secondary N) is 1. The van der Waals surface area contributed by atoms with Crippen LogP contribution in [0.5, 0.6) is 0 Å². The molecule has 0 aliphatic heterocycles. The van der Waals surface area contributed by atoms with Gasteiger partial charge in [0.15, 0.2) is 0 Å². The third-order valence-electron chi connectivity index (χ3n) is 4.44. The molecule has 1 aromatic rings. The monoisotopic (exact) mass is 437 g/mol. The summed E-state index contributed by atoms with van der Waals surface area (Å²) in [6.45, 7) is 5.14. The average Bonchev–Trinajstić information content (AvgIpc) is 2.67. The zero-order valence-electron chi connectivity index (χ0n) is 18.2. The van der Waals surface area contributed by atoms with Gasteiger partial charge in [0, 0.05) is 24.8 Å². The van der Waals surface area contributed by atoms with Crippen LogP contribution < -0.4 is 5.32 Å². The molecule has 172 valence electrons. The Morgan fingerprint density at radius 2 is 1.39 bits per heavy atom. The molecule has 0 atom stereocenters. The van der Waals surface area contributed by atoms with Gasteiger partial charge < -0.3 is 25.0 Å². The van der Waals surface area contributed by atoms with Crippen molar-refractivity contribution in [2.75, 3.05) is 0 Å². The molecule has 1 amide bonds. The minimum atomic E-state index is -1.25. The van der Waals surface area contributed by atoms with Gasteiger partial charge in [0.2, 0.25) is 0 Å².